The molecular weight excluding hydrogens is 234 g/mol. The van der Waals surface area contributed by atoms with Crippen molar-refractivity contribution >= 4 is 0 Å². The standard InChI is InChI=1S/C16H15N3/c1-11-12(2)16(14-8-4-6-10-18-14)19-15(11)13-7-3-5-9-17-13/h3-10,19H,1-2H3. The van der Waals surface area contributed by atoms with Gasteiger partial charge in [-0.15, -0.1) is 0 Å². The zero-order valence-corrected chi connectivity index (χ0v) is 11.0. The molecule has 0 aliphatic heterocycles. The van der Waals surface area contributed by atoms with Crippen molar-refractivity contribution in [2.45, 2.75) is 13.8 Å². The summed E-state index contributed by atoms with van der Waals surface area (Å²) in [5, 5.41) is 0. The molecule has 0 spiro atoms. The Bertz CT molecular complexity index is 625. The molecule has 1 N–H and O–H groups in total. The Morgan fingerprint density at radius 3 is 1.58 bits per heavy atom. The number of aromatic amines is 1. The van der Waals surface area contributed by atoms with Crippen LogP contribution in [0.5, 0.6) is 0 Å². The highest BCUT2D eigenvalue weighted by molar-refractivity contribution is 5.71. The van der Waals surface area contributed by atoms with Crippen LogP contribution < -0.4 is 0 Å². The topological polar surface area (TPSA) is 41.6 Å². The lowest BCUT2D eigenvalue weighted by atomic mass is 10.1. The van der Waals surface area contributed by atoms with Crippen LogP contribution >= 0.6 is 0 Å². The van der Waals surface area contributed by atoms with Crippen LogP contribution in [0.25, 0.3) is 22.8 Å². The van der Waals surface area contributed by atoms with E-state index in [1.54, 1.807) is 0 Å². The van der Waals surface area contributed by atoms with Crippen LogP contribution in [-0.2, 0) is 0 Å². The maximum Gasteiger partial charge on any atom is 0.0867 e. The molecule has 3 heteroatoms. The van der Waals surface area contributed by atoms with Crippen molar-refractivity contribution in [2.24, 2.45) is 0 Å². The number of hydrogen-bond acceptors (Lipinski definition) is 2. The van der Waals surface area contributed by atoms with Gasteiger partial charge in [0.2, 0.25) is 0 Å². The SMILES string of the molecule is Cc1c(-c2ccccn2)[nH]c(-c2ccccn2)c1C. The predicted octanol–water partition coefficient (Wildman–Crippen LogP) is 3.76. The van der Waals surface area contributed by atoms with Gasteiger partial charge in [-0.3, -0.25) is 9.97 Å². The molecular formula is C16H15N3. The molecule has 3 nitrogen and oxygen atoms in total. The second kappa shape index (κ2) is 4.69. The monoisotopic (exact) mass is 249 g/mol. The minimum atomic E-state index is 0.963. The predicted molar refractivity (Wildman–Crippen MR) is 76.7 cm³/mol. The lowest BCUT2D eigenvalue weighted by Gasteiger charge is -1.98. The van der Waals surface area contributed by atoms with Crippen molar-refractivity contribution in [3.8, 4) is 22.8 Å². The quantitative estimate of drug-likeness (QED) is 0.751. The third-order valence-electron chi connectivity index (χ3n) is 3.40. The average Bonchev–Trinajstić information content (AvgIpc) is 2.77. The number of rotatable bonds is 2. The lowest BCUT2D eigenvalue weighted by molar-refractivity contribution is 1.24. The van der Waals surface area contributed by atoms with Crippen molar-refractivity contribution < 1.29 is 0 Å². The van der Waals surface area contributed by atoms with Gasteiger partial charge < -0.3 is 4.98 Å². The molecule has 3 aromatic rings. The van der Waals surface area contributed by atoms with Crippen LogP contribution in [0.1, 0.15) is 11.1 Å². The minimum absolute atomic E-state index is 0.963. The number of nitrogens with one attached hydrogen (secondary N) is 1. The highest BCUT2D eigenvalue weighted by Gasteiger charge is 2.14. The molecule has 94 valence electrons. The molecule has 0 radical (unpaired) electrons. The summed E-state index contributed by atoms with van der Waals surface area (Å²) in [6.45, 7) is 4.23. The fourth-order valence-corrected chi connectivity index (χ4v) is 2.22. The Kier molecular flexibility index (Phi) is 2.88. The fraction of sp³-hybridized carbons (Fsp3) is 0.125. The fourth-order valence-electron chi connectivity index (χ4n) is 2.22. The summed E-state index contributed by atoms with van der Waals surface area (Å²) < 4.78 is 0. The van der Waals surface area contributed by atoms with E-state index in [2.05, 4.69) is 28.8 Å². The van der Waals surface area contributed by atoms with E-state index in [4.69, 9.17) is 0 Å². The summed E-state index contributed by atoms with van der Waals surface area (Å²) in [5.41, 5.74) is 6.51. The molecule has 0 aliphatic carbocycles. The van der Waals surface area contributed by atoms with Gasteiger partial charge >= 0.3 is 0 Å². The van der Waals surface area contributed by atoms with Crippen molar-refractivity contribution in [3.05, 3.63) is 59.9 Å². The Labute approximate surface area is 112 Å². The summed E-state index contributed by atoms with van der Waals surface area (Å²) in [5.74, 6) is 0. The van der Waals surface area contributed by atoms with Crippen LogP contribution in [0.4, 0.5) is 0 Å². The summed E-state index contributed by atoms with van der Waals surface area (Å²) >= 11 is 0. The molecule has 19 heavy (non-hydrogen) atoms. The van der Waals surface area contributed by atoms with E-state index >= 15 is 0 Å². The van der Waals surface area contributed by atoms with Crippen molar-refractivity contribution in [2.75, 3.05) is 0 Å². The lowest BCUT2D eigenvalue weighted by Crippen LogP contribution is -1.85. The molecule has 0 aromatic carbocycles. The number of nitrogens with zero attached hydrogens (tertiary/aromatic N) is 2. The van der Waals surface area contributed by atoms with Gasteiger partial charge in [-0.25, -0.2) is 0 Å². The number of hydrogen-bond donors (Lipinski definition) is 1. The molecule has 0 aliphatic rings. The summed E-state index contributed by atoms with van der Waals surface area (Å²) in [7, 11) is 0. The van der Waals surface area contributed by atoms with Crippen LogP contribution in [0.3, 0.4) is 0 Å². The number of H-pyrrole nitrogens is 1. The summed E-state index contributed by atoms with van der Waals surface area (Å²) in [6.07, 6.45) is 3.62. The van der Waals surface area contributed by atoms with Gasteiger partial charge in [-0.05, 0) is 49.2 Å². The van der Waals surface area contributed by atoms with Crippen LogP contribution in [0.2, 0.25) is 0 Å². The first kappa shape index (κ1) is 11.7. The number of aromatic nitrogens is 3. The van der Waals surface area contributed by atoms with Crippen molar-refractivity contribution in [1.29, 1.82) is 0 Å². The highest BCUT2D eigenvalue weighted by atomic mass is 14.8. The molecule has 0 unspecified atom stereocenters. The molecule has 0 saturated carbocycles. The van der Waals surface area contributed by atoms with E-state index in [0.717, 1.165) is 22.8 Å². The molecule has 3 aromatic heterocycles. The smallest absolute Gasteiger partial charge is 0.0867 e. The van der Waals surface area contributed by atoms with E-state index in [-0.39, 0.29) is 0 Å². The number of pyridine rings is 2. The maximum absolute atomic E-state index is 4.41. The molecule has 3 heterocycles. The van der Waals surface area contributed by atoms with Crippen LogP contribution in [0.15, 0.2) is 48.8 Å². The molecule has 3 rings (SSSR count). The van der Waals surface area contributed by atoms with Gasteiger partial charge in [-0.2, -0.15) is 0 Å². The normalized spacial score (nSPS) is 10.6. The zero-order valence-electron chi connectivity index (χ0n) is 11.0. The Morgan fingerprint density at radius 2 is 1.21 bits per heavy atom. The van der Waals surface area contributed by atoms with Crippen LogP contribution in [0, 0.1) is 13.8 Å². The van der Waals surface area contributed by atoms with Gasteiger partial charge in [0.15, 0.2) is 0 Å². The first-order valence-electron chi connectivity index (χ1n) is 6.29. The molecule has 0 atom stereocenters. The van der Waals surface area contributed by atoms with Gasteiger partial charge in [0.1, 0.15) is 0 Å². The van der Waals surface area contributed by atoms with E-state index in [1.807, 2.05) is 48.8 Å². The zero-order chi connectivity index (χ0) is 13.2. The average molecular weight is 249 g/mol. The highest BCUT2D eigenvalue weighted by Crippen LogP contribution is 2.30. The largest absolute Gasteiger partial charge is 0.352 e. The Hall–Kier alpha value is -2.42. The third kappa shape index (κ3) is 2.03. The molecule has 0 bridgehead atoms. The Morgan fingerprint density at radius 1 is 0.737 bits per heavy atom. The first-order valence-corrected chi connectivity index (χ1v) is 6.29. The maximum atomic E-state index is 4.41. The van der Waals surface area contributed by atoms with Gasteiger partial charge in [0.05, 0.1) is 22.8 Å². The van der Waals surface area contributed by atoms with E-state index in [1.165, 1.54) is 11.1 Å². The van der Waals surface area contributed by atoms with Gasteiger partial charge in [-0.1, -0.05) is 12.1 Å². The Balaban J connectivity index is 2.16. The second-order valence-corrected chi connectivity index (χ2v) is 4.55. The molecule has 0 fully saturated rings. The molecule has 0 amide bonds. The summed E-state index contributed by atoms with van der Waals surface area (Å²) in [6, 6.07) is 11.9. The first-order chi connectivity index (χ1) is 9.27. The van der Waals surface area contributed by atoms with E-state index < -0.39 is 0 Å². The van der Waals surface area contributed by atoms with Gasteiger partial charge in [0.25, 0.3) is 0 Å². The second-order valence-electron chi connectivity index (χ2n) is 4.55. The summed E-state index contributed by atoms with van der Waals surface area (Å²) in [4.78, 5) is 12.3. The minimum Gasteiger partial charge on any atom is -0.352 e. The van der Waals surface area contributed by atoms with Crippen LogP contribution in [-0.4, -0.2) is 15.0 Å². The van der Waals surface area contributed by atoms with E-state index in [0.29, 0.717) is 0 Å². The van der Waals surface area contributed by atoms with Crippen molar-refractivity contribution in [3.63, 3.8) is 0 Å². The van der Waals surface area contributed by atoms with E-state index in [9.17, 15) is 0 Å². The third-order valence-corrected chi connectivity index (χ3v) is 3.40. The van der Waals surface area contributed by atoms with Crippen molar-refractivity contribution in [1.82, 2.24) is 15.0 Å². The van der Waals surface area contributed by atoms with Gasteiger partial charge in [0, 0.05) is 12.4 Å². The molecule has 0 saturated heterocycles.